The molecule has 0 spiro atoms. The normalized spacial score (nSPS) is 19.7. The van der Waals surface area contributed by atoms with Crippen molar-refractivity contribution in [2.24, 2.45) is 5.92 Å². The molecule has 0 bridgehead atoms. The predicted octanol–water partition coefficient (Wildman–Crippen LogP) is 2.54. The number of fused-ring (bicyclic) bond motifs is 1. The second-order valence-electron chi connectivity index (χ2n) is 5.89. The molecule has 2 heterocycles. The Balaban J connectivity index is 1.48. The molecule has 4 rings (SSSR count). The molecule has 0 saturated heterocycles. The minimum absolute atomic E-state index is 0.00997. The molecule has 0 unspecified atom stereocenters. The molecular formula is C18H16N2O3. The molecule has 2 atom stereocenters. The number of nitrogens with one attached hydrogen (secondary N) is 2. The SMILES string of the molecule is O=C(NCc1cc(=O)[nH]c2ccccc12)[C@H]1C[C@H]1c1ccco1. The van der Waals surface area contributed by atoms with Crippen molar-refractivity contribution in [3.05, 3.63) is 70.4 Å². The fourth-order valence-electron chi connectivity index (χ4n) is 3.04. The number of hydrogen-bond acceptors (Lipinski definition) is 3. The number of carbonyl (C=O) groups is 1. The van der Waals surface area contributed by atoms with Crippen LogP contribution in [-0.2, 0) is 11.3 Å². The van der Waals surface area contributed by atoms with Crippen molar-refractivity contribution in [1.29, 1.82) is 0 Å². The van der Waals surface area contributed by atoms with Gasteiger partial charge < -0.3 is 14.7 Å². The third kappa shape index (κ3) is 2.65. The van der Waals surface area contributed by atoms with E-state index < -0.39 is 0 Å². The summed E-state index contributed by atoms with van der Waals surface area (Å²) in [7, 11) is 0. The van der Waals surface area contributed by atoms with E-state index in [2.05, 4.69) is 10.3 Å². The van der Waals surface area contributed by atoms with Crippen LogP contribution in [0.2, 0.25) is 0 Å². The minimum atomic E-state index is -0.159. The van der Waals surface area contributed by atoms with Crippen LogP contribution in [0.4, 0.5) is 0 Å². The van der Waals surface area contributed by atoms with Crippen molar-refractivity contribution >= 4 is 16.8 Å². The Labute approximate surface area is 132 Å². The molecule has 2 aromatic heterocycles. The summed E-state index contributed by atoms with van der Waals surface area (Å²) in [6, 6.07) is 12.9. The molecule has 2 N–H and O–H groups in total. The number of carbonyl (C=O) groups excluding carboxylic acids is 1. The van der Waals surface area contributed by atoms with E-state index in [1.807, 2.05) is 36.4 Å². The number of rotatable bonds is 4. The highest BCUT2D eigenvalue weighted by Gasteiger charge is 2.45. The average molecular weight is 308 g/mol. The molecule has 1 aromatic carbocycles. The van der Waals surface area contributed by atoms with Crippen LogP contribution < -0.4 is 10.9 Å². The molecule has 116 valence electrons. The highest BCUT2D eigenvalue weighted by molar-refractivity contribution is 5.85. The number of amides is 1. The first kappa shape index (κ1) is 13.8. The summed E-state index contributed by atoms with van der Waals surface area (Å²) in [6.45, 7) is 0.352. The first-order valence-electron chi connectivity index (χ1n) is 7.64. The molecule has 1 amide bonds. The Hall–Kier alpha value is -2.82. The fraction of sp³-hybridized carbons (Fsp3) is 0.222. The van der Waals surface area contributed by atoms with Gasteiger partial charge in [-0.1, -0.05) is 18.2 Å². The van der Waals surface area contributed by atoms with Gasteiger partial charge in [0.25, 0.3) is 0 Å². The van der Waals surface area contributed by atoms with Crippen LogP contribution in [0.1, 0.15) is 23.7 Å². The van der Waals surface area contributed by atoms with E-state index in [0.717, 1.165) is 28.6 Å². The summed E-state index contributed by atoms with van der Waals surface area (Å²) >= 11 is 0. The molecule has 3 aromatic rings. The van der Waals surface area contributed by atoms with Crippen molar-refractivity contribution in [1.82, 2.24) is 10.3 Å². The van der Waals surface area contributed by atoms with Crippen molar-refractivity contribution in [2.75, 3.05) is 0 Å². The highest BCUT2D eigenvalue weighted by Crippen LogP contribution is 2.47. The Morgan fingerprint density at radius 2 is 2.13 bits per heavy atom. The lowest BCUT2D eigenvalue weighted by Crippen LogP contribution is -2.25. The fourth-order valence-corrected chi connectivity index (χ4v) is 3.04. The molecule has 5 heteroatoms. The highest BCUT2D eigenvalue weighted by atomic mass is 16.3. The van der Waals surface area contributed by atoms with E-state index in [0.29, 0.717) is 6.54 Å². The second kappa shape index (κ2) is 5.43. The van der Waals surface area contributed by atoms with Crippen LogP contribution in [0.25, 0.3) is 10.9 Å². The number of pyridine rings is 1. The molecule has 1 aliphatic rings. The Kier molecular flexibility index (Phi) is 3.26. The standard InChI is InChI=1S/C18H16N2O3/c21-17-8-11(12-4-1-2-5-15(12)20-17)10-19-18(22)14-9-13(14)16-6-3-7-23-16/h1-8,13-14H,9-10H2,(H,19,22)(H,20,21)/t13-,14+/m1/s1. The van der Waals surface area contributed by atoms with Crippen molar-refractivity contribution in [3.8, 4) is 0 Å². The zero-order chi connectivity index (χ0) is 15.8. The van der Waals surface area contributed by atoms with Gasteiger partial charge in [-0.2, -0.15) is 0 Å². The van der Waals surface area contributed by atoms with Gasteiger partial charge in [0.15, 0.2) is 0 Å². The van der Waals surface area contributed by atoms with Crippen LogP contribution in [0.5, 0.6) is 0 Å². The van der Waals surface area contributed by atoms with Gasteiger partial charge in [-0.3, -0.25) is 9.59 Å². The topological polar surface area (TPSA) is 75.1 Å². The Morgan fingerprint density at radius 1 is 1.26 bits per heavy atom. The number of aromatic nitrogens is 1. The first-order valence-corrected chi connectivity index (χ1v) is 7.64. The minimum Gasteiger partial charge on any atom is -0.469 e. The maximum Gasteiger partial charge on any atom is 0.248 e. The Morgan fingerprint density at radius 3 is 2.96 bits per heavy atom. The summed E-state index contributed by atoms with van der Waals surface area (Å²) in [5.74, 6) is 1.03. The number of para-hydroxylation sites is 1. The lowest BCUT2D eigenvalue weighted by atomic mass is 10.1. The number of H-pyrrole nitrogens is 1. The third-order valence-electron chi connectivity index (χ3n) is 4.33. The van der Waals surface area contributed by atoms with Gasteiger partial charge in [-0.05, 0) is 30.2 Å². The lowest BCUT2D eigenvalue weighted by Gasteiger charge is -2.08. The van der Waals surface area contributed by atoms with Crippen LogP contribution >= 0.6 is 0 Å². The number of benzene rings is 1. The van der Waals surface area contributed by atoms with Gasteiger partial charge in [-0.25, -0.2) is 0 Å². The van der Waals surface area contributed by atoms with Crippen molar-refractivity contribution in [3.63, 3.8) is 0 Å². The van der Waals surface area contributed by atoms with Crippen LogP contribution in [0.3, 0.4) is 0 Å². The van der Waals surface area contributed by atoms with E-state index in [4.69, 9.17) is 4.42 Å². The van der Waals surface area contributed by atoms with E-state index in [1.165, 1.54) is 0 Å². The second-order valence-corrected chi connectivity index (χ2v) is 5.89. The zero-order valence-electron chi connectivity index (χ0n) is 12.4. The summed E-state index contributed by atoms with van der Waals surface area (Å²) in [5.41, 5.74) is 1.45. The predicted molar refractivity (Wildman–Crippen MR) is 86.0 cm³/mol. The molecular weight excluding hydrogens is 292 g/mol. The van der Waals surface area contributed by atoms with Gasteiger partial charge in [0.1, 0.15) is 5.76 Å². The monoisotopic (exact) mass is 308 g/mol. The van der Waals surface area contributed by atoms with Crippen molar-refractivity contribution in [2.45, 2.75) is 18.9 Å². The van der Waals surface area contributed by atoms with Gasteiger partial charge in [0.05, 0.1) is 6.26 Å². The van der Waals surface area contributed by atoms with Gasteiger partial charge >= 0.3 is 0 Å². The molecule has 0 radical (unpaired) electrons. The number of aromatic amines is 1. The number of furan rings is 1. The Bertz CT molecular complexity index is 911. The van der Waals surface area contributed by atoms with Crippen molar-refractivity contribution < 1.29 is 9.21 Å². The quantitative estimate of drug-likeness (QED) is 0.777. The molecule has 23 heavy (non-hydrogen) atoms. The first-order chi connectivity index (χ1) is 11.2. The zero-order valence-corrected chi connectivity index (χ0v) is 12.4. The summed E-state index contributed by atoms with van der Waals surface area (Å²) in [4.78, 5) is 26.8. The molecule has 0 aliphatic heterocycles. The third-order valence-corrected chi connectivity index (χ3v) is 4.33. The molecule has 1 aliphatic carbocycles. The lowest BCUT2D eigenvalue weighted by molar-refractivity contribution is -0.122. The van der Waals surface area contributed by atoms with Crippen LogP contribution in [0.15, 0.2) is 57.9 Å². The summed E-state index contributed by atoms with van der Waals surface area (Å²) < 4.78 is 5.35. The van der Waals surface area contributed by atoms with Gasteiger partial charge in [0.2, 0.25) is 11.5 Å². The molecule has 1 fully saturated rings. The largest absolute Gasteiger partial charge is 0.469 e. The van der Waals surface area contributed by atoms with Gasteiger partial charge in [0, 0.05) is 35.3 Å². The van der Waals surface area contributed by atoms with Crippen LogP contribution in [0, 0.1) is 5.92 Å². The maximum absolute atomic E-state index is 12.3. The van der Waals surface area contributed by atoms with Crippen LogP contribution in [-0.4, -0.2) is 10.9 Å². The summed E-state index contributed by atoms with van der Waals surface area (Å²) in [5, 5.41) is 3.89. The smallest absolute Gasteiger partial charge is 0.248 e. The number of hydrogen-bond donors (Lipinski definition) is 2. The van der Waals surface area contributed by atoms with E-state index in [9.17, 15) is 9.59 Å². The van der Waals surface area contributed by atoms with E-state index >= 15 is 0 Å². The molecule has 1 saturated carbocycles. The van der Waals surface area contributed by atoms with E-state index in [1.54, 1.807) is 12.3 Å². The van der Waals surface area contributed by atoms with E-state index in [-0.39, 0.29) is 23.3 Å². The van der Waals surface area contributed by atoms with Gasteiger partial charge in [-0.15, -0.1) is 0 Å². The summed E-state index contributed by atoms with van der Waals surface area (Å²) in [6.07, 6.45) is 2.44. The molecule has 5 nitrogen and oxygen atoms in total. The maximum atomic E-state index is 12.3. The average Bonchev–Trinajstić information content (AvgIpc) is 3.17.